The molecule has 1 saturated heterocycles. The number of ether oxygens (including phenoxy) is 1. The lowest BCUT2D eigenvalue weighted by atomic mass is 10.1. The zero-order valence-electron chi connectivity index (χ0n) is 12.3. The standard InChI is InChI=1S/C15H20N4O2/c1-3-11-8-21-9(2)7-19(11)15-17-13-5-4-10(16)6-12(13)14(20)18-15/h4-6,9,11H,3,7-8,16H2,1-2H3,(H,17,18,20). The molecule has 0 amide bonds. The van der Waals surface area contributed by atoms with E-state index >= 15 is 0 Å². The molecule has 112 valence electrons. The topological polar surface area (TPSA) is 84.2 Å². The number of hydrogen-bond donors (Lipinski definition) is 2. The van der Waals surface area contributed by atoms with E-state index in [4.69, 9.17) is 10.5 Å². The molecule has 1 aliphatic heterocycles. The lowest BCUT2D eigenvalue weighted by Crippen LogP contribution is -2.49. The van der Waals surface area contributed by atoms with E-state index in [9.17, 15) is 4.79 Å². The van der Waals surface area contributed by atoms with Crippen molar-refractivity contribution in [1.82, 2.24) is 9.97 Å². The van der Waals surface area contributed by atoms with E-state index < -0.39 is 0 Å². The molecule has 0 radical (unpaired) electrons. The molecule has 3 N–H and O–H groups in total. The Morgan fingerprint density at radius 1 is 1.52 bits per heavy atom. The number of H-pyrrole nitrogens is 1. The van der Waals surface area contributed by atoms with Crippen molar-refractivity contribution in [3.05, 3.63) is 28.6 Å². The first kappa shape index (κ1) is 13.9. The van der Waals surface area contributed by atoms with Gasteiger partial charge in [0.1, 0.15) is 0 Å². The second-order valence-electron chi connectivity index (χ2n) is 5.52. The Morgan fingerprint density at radius 3 is 3.10 bits per heavy atom. The van der Waals surface area contributed by atoms with Crippen LogP contribution in [0.25, 0.3) is 10.9 Å². The molecule has 1 aromatic heterocycles. The summed E-state index contributed by atoms with van der Waals surface area (Å²) in [5, 5.41) is 0.521. The second-order valence-corrected chi connectivity index (χ2v) is 5.52. The number of aromatic nitrogens is 2. The van der Waals surface area contributed by atoms with Crippen molar-refractivity contribution in [3.63, 3.8) is 0 Å². The highest BCUT2D eigenvalue weighted by molar-refractivity contribution is 5.81. The minimum atomic E-state index is -0.156. The van der Waals surface area contributed by atoms with Crippen LogP contribution in [0.3, 0.4) is 0 Å². The maximum atomic E-state index is 12.3. The van der Waals surface area contributed by atoms with Crippen molar-refractivity contribution in [2.45, 2.75) is 32.4 Å². The number of nitrogens with two attached hydrogens (primary N) is 1. The van der Waals surface area contributed by atoms with Crippen molar-refractivity contribution < 1.29 is 4.74 Å². The Kier molecular flexibility index (Phi) is 3.55. The van der Waals surface area contributed by atoms with Gasteiger partial charge in [-0.3, -0.25) is 9.78 Å². The molecule has 3 rings (SSSR count). The quantitative estimate of drug-likeness (QED) is 0.818. The van der Waals surface area contributed by atoms with Crippen LogP contribution in [0.4, 0.5) is 11.6 Å². The van der Waals surface area contributed by atoms with Crippen molar-refractivity contribution >= 4 is 22.5 Å². The SMILES string of the molecule is CCC1COC(C)CN1c1nc2ccc(N)cc2c(=O)[nH]1. The summed E-state index contributed by atoms with van der Waals surface area (Å²) >= 11 is 0. The fourth-order valence-corrected chi connectivity index (χ4v) is 2.72. The Bertz CT molecular complexity index is 712. The van der Waals surface area contributed by atoms with Crippen LogP contribution in [0.2, 0.25) is 0 Å². The lowest BCUT2D eigenvalue weighted by molar-refractivity contribution is 0.0292. The predicted molar refractivity (Wildman–Crippen MR) is 83.6 cm³/mol. The Morgan fingerprint density at radius 2 is 2.33 bits per heavy atom. The van der Waals surface area contributed by atoms with Crippen LogP contribution < -0.4 is 16.2 Å². The molecule has 2 heterocycles. The van der Waals surface area contributed by atoms with Gasteiger partial charge < -0.3 is 15.4 Å². The molecule has 1 fully saturated rings. The van der Waals surface area contributed by atoms with Gasteiger partial charge in [0, 0.05) is 12.2 Å². The smallest absolute Gasteiger partial charge is 0.260 e. The van der Waals surface area contributed by atoms with E-state index in [0.29, 0.717) is 29.1 Å². The number of morpholine rings is 1. The zero-order chi connectivity index (χ0) is 15.0. The van der Waals surface area contributed by atoms with Gasteiger partial charge >= 0.3 is 0 Å². The third-order valence-electron chi connectivity index (χ3n) is 3.93. The average molecular weight is 288 g/mol. The van der Waals surface area contributed by atoms with Crippen molar-refractivity contribution in [2.24, 2.45) is 0 Å². The molecule has 21 heavy (non-hydrogen) atoms. The highest BCUT2D eigenvalue weighted by Gasteiger charge is 2.27. The number of anilines is 2. The summed E-state index contributed by atoms with van der Waals surface area (Å²) in [5.41, 5.74) is 6.80. The predicted octanol–water partition coefficient (Wildman–Crippen LogP) is 1.51. The number of nitrogen functional groups attached to an aromatic ring is 1. The Balaban J connectivity index is 2.07. The summed E-state index contributed by atoms with van der Waals surface area (Å²) in [6, 6.07) is 5.44. The summed E-state index contributed by atoms with van der Waals surface area (Å²) in [4.78, 5) is 21.9. The summed E-state index contributed by atoms with van der Waals surface area (Å²) in [7, 11) is 0. The molecule has 2 atom stereocenters. The van der Waals surface area contributed by atoms with E-state index in [2.05, 4.69) is 21.8 Å². The first-order valence-corrected chi connectivity index (χ1v) is 7.26. The minimum absolute atomic E-state index is 0.125. The largest absolute Gasteiger partial charge is 0.399 e. The van der Waals surface area contributed by atoms with Gasteiger partial charge in [0.15, 0.2) is 0 Å². The van der Waals surface area contributed by atoms with Crippen LogP contribution in [-0.2, 0) is 4.74 Å². The third-order valence-corrected chi connectivity index (χ3v) is 3.93. The maximum Gasteiger partial charge on any atom is 0.260 e. The van der Waals surface area contributed by atoms with Crippen LogP contribution in [0.1, 0.15) is 20.3 Å². The summed E-state index contributed by atoms with van der Waals surface area (Å²) in [6.45, 7) is 5.51. The molecule has 2 unspecified atom stereocenters. The van der Waals surface area contributed by atoms with E-state index in [1.807, 2.05) is 6.92 Å². The molecular formula is C15H20N4O2. The highest BCUT2D eigenvalue weighted by Crippen LogP contribution is 2.21. The van der Waals surface area contributed by atoms with Gasteiger partial charge in [-0.05, 0) is 31.5 Å². The van der Waals surface area contributed by atoms with Crippen LogP contribution in [0.5, 0.6) is 0 Å². The average Bonchev–Trinajstić information content (AvgIpc) is 2.47. The highest BCUT2D eigenvalue weighted by atomic mass is 16.5. The molecule has 0 spiro atoms. The van der Waals surface area contributed by atoms with E-state index in [0.717, 1.165) is 13.0 Å². The van der Waals surface area contributed by atoms with Crippen molar-refractivity contribution in [3.8, 4) is 0 Å². The van der Waals surface area contributed by atoms with Crippen LogP contribution in [0, 0.1) is 0 Å². The van der Waals surface area contributed by atoms with Crippen LogP contribution in [0.15, 0.2) is 23.0 Å². The Labute approximate surface area is 122 Å². The zero-order valence-corrected chi connectivity index (χ0v) is 12.3. The van der Waals surface area contributed by atoms with Crippen molar-refractivity contribution in [1.29, 1.82) is 0 Å². The van der Waals surface area contributed by atoms with Gasteiger partial charge in [0.05, 0.1) is 29.7 Å². The van der Waals surface area contributed by atoms with Crippen molar-refractivity contribution in [2.75, 3.05) is 23.8 Å². The first-order valence-electron chi connectivity index (χ1n) is 7.26. The van der Waals surface area contributed by atoms with E-state index in [-0.39, 0.29) is 17.7 Å². The minimum Gasteiger partial charge on any atom is -0.399 e. The normalized spacial score (nSPS) is 22.7. The number of nitrogens with one attached hydrogen (secondary N) is 1. The van der Waals surface area contributed by atoms with E-state index in [1.54, 1.807) is 18.2 Å². The van der Waals surface area contributed by atoms with Gasteiger partial charge in [-0.1, -0.05) is 6.92 Å². The number of benzene rings is 1. The molecule has 6 heteroatoms. The summed E-state index contributed by atoms with van der Waals surface area (Å²) < 4.78 is 5.69. The van der Waals surface area contributed by atoms with Gasteiger partial charge in [-0.2, -0.15) is 0 Å². The van der Waals surface area contributed by atoms with E-state index in [1.165, 1.54) is 0 Å². The van der Waals surface area contributed by atoms with Gasteiger partial charge in [-0.15, -0.1) is 0 Å². The second kappa shape index (κ2) is 5.37. The molecule has 1 aliphatic rings. The van der Waals surface area contributed by atoms with Gasteiger partial charge in [0.25, 0.3) is 5.56 Å². The summed E-state index contributed by atoms with van der Waals surface area (Å²) in [6.07, 6.45) is 1.07. The van der Waals surface area contributed by atoms with Gasteiger partial charge in [-0.25, -0.2) is 4.98 Å². The number of nitrogens with zero attached hydrogens (tertiary/aromatic N) is 2. The molecule has 1 aromatic carbocycles. The number of rotatable bonds is 2. The van der Waals surface area contributed by atoms with Gasteiger partial charge in [0.2, 0.25) is 5.95 Å². The molecule has 0 bridgehead atoms. The Hall–Kier alpha value is -2.08. The molecule has 0 aliphatic carbocycles. The summed E-state index contributed by atoms with van der Waals surface area (Å²) in [5.74, 6) is 0.610. The molecule has 6 nitrogen and oxygen atoms in total. The molecular weight excluding hydrogens is 268 g/mol. The van der Waals surface area contributed by atoms with Crippen LogP contribution >= 0.6 is 0 Å². The van der Waals surface area contributed by atoms with Crippen LogP contribution in [-0.4, -0.2) is 35.3 Å². The lowest BCUT2D eigenvalue weighted by Gasteiger charge is -2.38. The fraction of sp³-hybridized carbons (Fsp3) is 0.467. The first-order chi connectivity index (χ1) is 10.1. The number of aromatic amines is 1. The number of hydrogen-bond acceptors (Lipinski definition) is 5. The molecule has 0 saturated carbocycles. The monoisotopic (exact) mass is 288 g/mol. The maximum absolute atomic E-state index is 12.3. The third kappa shape index (κ3) is 2.58. The molecule has 2 aromatic rings. The fourth-order valence-electron chi connectivity index (χ4n) is 2.72. The number of fused-ring (bicyclic) bond motifs is 1.